The van der Waals surface area contributed by atoms with Crippen LogP contribution in [0.4, 0.5) is 11.5 Å². The van der Waals surface area contributed by atoms with Gasteiger partial charge in [0.05, 0.1) is 0 Å². The second kappa shape index (κ2) is 3.70. The van der Waals surface area contributed by atoms with Gasteiger partial charge in [0.1, 0.15) is 11.5 Å². The van der Waals surface area contributed by atoms with Crippen LogP contribution >= 0.6 is 0 Å². The zero-order chi connectivity index (χ0) is 11.9. The lowest BCUT2D eigenvalue weighted by Gasteiger charge is -2.18. The van der Waals surface area contributed by atoms with Crippen LogP contribution in [0.2, 0.25) is 0 Å². The number of hydrogen-bond donors (Lipinski definition) is 2. The molecule has 1 heterocycles. The maximum Gasteiger partial charge on any atom is 0.332 e. The highest BCUT2D eigenvalue weighted by Gasteiger charge is 2.23. The topological polar surface area (TPSA) is 96.0 Å². The second-order valence-corrected chi connectivity index (χ2v) is 4.25. The molecule has 1 saturated carbocycles. The first-order chi connectivity index (χ1) is 7.54. The third-order valence-corrected chi connectivity index (χ3v) is 3.25. The average molecular weight is 224 g/mol. The Bertz CT molecular complexity index is 523. The standard InChI is InChI=1S/C10H16N4O2/c1-13-9(15)7(11)8(12)14(10(13)16)6-4-2-3-5-6/h6H,2-5,11-12H2,1H3. The molecule has 0 unspecified atom stereocenters. The first-order valence-corrected chi connectivity index (χ1v) is 5.40. The van der Waals surface area contributed by atoms with Gasteiger partial charge in [-0.05, 0) is 12.8 Å². The molecule has 0 radical (unpaired) electrons. The fourth-order valence-electron chi connectivity index (χ4n) is 2.29. The van der Waals surface area contributed by atoms with Crippen LogP contribution in [-0.4, -0.2) is 9.13 Å². The van der Waals surface area contributed by atoms with Crippen LogP contribution in [0.1, 0.15) is 31.7 Å². The summed E-state index contributed by atoms with van der Waals surface area (Å²) in [4.78, 5) is 23.5. The van der Waals surface area contributed by atoms with Gasteiger partial charge in [-0.1, -0.05) is 12.8 Å². The molecule has 1 aromatic heterocycles. The monoisotopic (exact) mass is 224 g/mol. The van der Waals surface area contributed by atoms with Crippen LogP contribution < -0.4 is 22.7 Å². The minimum Gasteiger partial charge on any atom is -0.391 e. The molecule has 0 amide bonds. The van der Waals surface area contributed by atoms with Crippen molar-refractivity contribution in [1.82, 2.24) is 9.13 Å². The molecule has 0 atom stereocenters. The van der Waals surface area contributed by atoms with Gasteiger partial charge in [-0.3, -0.25) is 13.9 Å². The van der Waals surface area contributed by atoms with Gasteiger partial charge in [0.25, 0.3) is 5.56 Å². The smallest absolute Gasteiger partial charge is 0.332 e. The van der Waals surface area contributed by atoms with E-state index in [1.165, 1.54) is 11.6 Å². The Morgan fingerprint density at radius 1 is 1.19 bits per heavy atom. The average Bonchev–Trinajstić information content (AvgIpc) is 2.77. The number of hydrogen-bond acceptors (Lipinski definition) is 4. The van der Waals surface area contributed by atoms with Crippen molar-refractivity contribution in [2.75, 3.05) is 11.5 Å². The molecule has 2 rings (SSSR count). The highest BCUT2D eigenvalue weighted by atomic mass is 16.2. The SMILES string of the molecule is Cn1c(=O)c(N)c(N)n(C2CCCC2)c1=O. The Morgan fingerprint density at radius 3 is 2.31 bits per heavy atom. The molecule has 6 heteroatoms. The van der Waals surface area contributed by atoms with Crippen LogP contribution in [0.25, 0.3) is 0 Å². The number of nitrogens with zero attached hydrogens (tertiary/aromatic N) is 2. The molecule has 1 aromatic rings. The lowest BCUT2D eigenvalue weighted by molar-refractivity contribution is 0.482. The molecule has 1 aliphatic rings. The molecule has 1 aliphatic carbocycles. The third-order valence-electron chi connectivity index (χ3n) is 3.25. The van der Waals surface area contributed by atoms with E-state index in [4.69, 9.17) is 11.5 Å². The summed E-state index contributed by atoms with van der Waals surface area (Å²) < 4.78 is 2.48. The minimum absolute atomic E-state index is 0.0333. The Hall–Kier alpha value is -1.72. The van der Waals surface area contributed by atoms with Crippen molar-refractivity contribution in [3.63, 3.8) is 0 Å². The van der Waals surface area contributed by atoms with Gasteiger partial charge < -0.3 is 11.5 Å². The van der Waals surface area contributed by atoms with E-state index in [9.17, 15) is 9.59 Å². The number of aromatic nitrogens is 2. The molecular formula is C10H16N4O2. The van der Waals surface area contributed by atoms with E-state index < -0.39 is 5.56 Å². The molecule has 6 nitrogen and oxygen atoms in total. The van der Waals surface area contributed by atoms with Crippen molar-refractivity contribution in [3.05, 3.63) is 20.8 Å². The quantitative estimate of drug-likeness (QED) is 0.692. The summed E-state index contributed by atoms with van der Waals surface area (Å²) in [6, 6.07) is 0.0848. The van der Waals surface area contributed by atoms with E-state index in [2.05, 4.69) is 0 Å². The lowest BCUT2D eigenvalue weighted by Crippen LogP contribution is -2.41. The summed E-state index contributed by atoms with van der Waals surface area (Å²) in [6.07, 6.45) is 4.00. The largest absolute Gasteiger partial charge is 0.391 e. The summed E-state index contributed by atoms with van der Waals surface area (Å²) in [5.74, 6) is 0.111. The predicted molar refractivity (Wildman–Crippen MR) is 62.3 cm³/mol. The van der Waals surface area contributed by atoms with Crippen molar-refractivity contribution in [2.24, 2.45) is 7.05 Å². The third kappa shape index (κ3) is 1.41. The maximum atomic E-state index is 11.9. The van der Waals surface area contributed by atoms with E-state index in [0.29, 0.717) is 0 Å². The summed E-state index contributed by atoms with van der Waals surface area (Å²) >= 11 is 0. The Kier molecular flexibility index (Phi) is 2.49. The van der Waals surface area contributed by atoms with E-state index in [1.54, 1.807) is 0 Å². The molecular weight excluding hydrogens is 208 g/mol. The van der Waals surface area contributed by atoms with Crippen molar-refractivity contribution < 1.29 is 0 Å². The first kappa shape index (κ1) is 10.8. The van der Waals surface area contributed by atoms with E-state index >= 15 is 0 Å². The zero-order valence-electron chi connectivity index (χ0n) is 9.27. The molecule has 1 fully saturated rings. The van der Waals surface area contributed by atoms with Crippen LogP contribution in [0.15, 0.2) is 9.59 Å². The molecule has 0 aromatic carbocycles. The van der Waals surface area contributed by atoms with Crippen LogP contribution in [0, 0.1) is 0 Å². The summed E-state index contributed by atoms with van der Waals surface area (Å²) in [5, 5.41) is 0. The minimum atomic E-state index is -0.517. The maximum absolute atomic E-state index is 11.9. The van der Waals surface area contributed by atoms with Gasteiger partial charge in [-0.25, -0.2) is 4.79 Å². The zero-order valence-corrected chi connectivity index (χ0v) is 9.27. The normalized spacial score (nSPS) is 16.8. The summed E-state index contributed by atoms with van der Waals surface area (Å²) in [6.45, 7) is 0. The van der Waals surface area contributed by atoms with Crippen LogP contribution in [0.3, 0.4) is 0 Å². The van der Waals surface area contributed by atoms with Gasteiger partial charge in [0.15, 0.2) is 0 Å². The fourth-order valence-corrected chi connectivity index (χ4v) is 2.29. The highest BCUT2D eigenvalue weighted by Crippen LogP contribution is 2.30. The molecule has 0 spiro atoms. The van der Waals surface area contributed by atoms with Gasteiger partial charge in [0.2, 0.25) is 0 Å². The van der Waals surface area contributed by atoms with Crippen molar-refractivity contribution in [3.8, 4) is 0 Å². The molecule has 0 aliphatic heterocycles. The number of rotatable bonds is 1. The molecule has 4 N–H and O–H groups in total. The summed E-state index contributed by atoms with van der Waals surface area (Å²) in [5.41, 5.74) is 10.4. The Balaban J connectivity index is 2.69. The fraction of sp³-hybridized carbons (Fsp3) is 0.600. The number of anilines is 2. The molecule has 16 heavy (non-hydrogen) atoms. The van der Waals surface area contributed by atoms with Gasteiger partial charge >= 0.3 is 5.69 Å². The molecule has 0 bridgehead atoms. The van der Waals surface area contributed by atoms with Crippen LogP contribution in [-0.2, 0) is 7.05 Å². The highest BCUT2D eigenvalue weighted by molar-refractivity contribution is 5.56. The van der Waals surface area contributed by atoms with Crippen molar-refractivity contribution in [1.29, 1.82) is 0 Å². The molecule has 0 saturated heterocycles. The van der Waals surface area contributed by atoms with Crippen molar-refractivity contribution in [2.45, 2.75) is 31.7 Å². The van der Waals surface area contributed by atoms with E-state index in [1.807, 2.05) is 0 Å². The first-order valence-electron chi connectivity index (χ1n) is 5.40. The number of nitrogen functional groups attached to an aromatic ring is 2. The van der Waals surface area contributed by atoms with Crippen molar-refractivity contribution >= 4 is 11.5 Å². The Labute approximate surface area is 92.5 Å². The second-order valence-electron chi connectivity index (χ2n) is 4.25. The van der Waals surface area contributed by atoms with E-state index in [0.717, 1.165) is 30.3 Å². The van der Waals surface area contributed by atoms with Gasteiger partial charge in [-0.15, -0.1) is 0 Å². The summed E-state index contributed by atoms with van der Waals surface area (Å²) in [7, 11) is 1.42. The molecule has 88 valence electrons. The van der Waals surface area contributed by atoms with Crippen LogP contribution in [0.5, 0.6) is 0 Å². The predicted octanol–water partition coefficient (Wildman–Crippen LogP) is -0.173. The van der Waals surface area contributed by atoms with Gasteiger partial charge in [0, 0.05) is 13.1 Å². The Morgan fingerprint density at radius 2 is 1.75 bits per heavy atom. The van der Waals surface area contributed by atoms with Gasteiger partial charge in [-0.2, -0.15) is 0 Å². The lowest BCUT2D eigenvalue weighted by atomic mass is 10.2. The number of nitrogens with two attached hydrogens (primary N) is 2. The van der Waals surface area contributed by atoms with E-state index in [-0.39, 0.29) is 23.2 Å².